The maximum absolute atomic E-state index is 13.5. The van der Waals surface area contributed by atoms with Crippen LogP contribution in [0.3, 0.4) is 0 Å². The minimum atomic E-state index is -0.146. The van der Waals surface area contributed by atoms with Gasteiger partial charge in [0, 0.05) is 23.5 Å². The fourth-order valence-electron chi connectivity index (χ4n) is 2.00. The van der Waals surface area contributed by atoms with Crippen molar-refractivity contribution < 1.29 is 4.39 Å². The molecule has 0 saturated heterocycles. The van der Waals surface area contributed by atoms with Crippen LogP contribution < -0.4 is 5.32 Å². The fraction of sp³-hybridized carbons (Fsp3) is 0.333. The molecule has 1 aromatic heterocycles. The monoisotopic (exact) mass is 278 g/mol. The van der Waals surface area contributed by atoms with Crippen molar-refractivity contribution in [3.05, 3.63) is 58.0 Å². The highest BCUT2D eigenvalue weighted by atomic mass is 32.1. The van der Waals surface area contributed by atoms with E-state index in [0.717, 1.165) is 6.54 Å². The molecule has 0 amide bonds. The van der Waals surface area contributed by atoms with Gasteiger partial charge in [0.1, 0.15) is 5.82 Å². The topological polar surface area (TPSA) is 15.3 Å². The van der Waals surface area contributed by atoms with Gasteiger partial charge in [-0.1, -0.05) is 24.3 Å². The summed E-state index contributed by atoms with van der Waals surface area (Å²) in [5.74, 6) is -0.146. The summed E-state index contributed by atoms with van der Waals surface area (Å²) in [5.41, 5.74) is 0.714. The molecular formula is C15H19FN2S. The Morgan fingerprint density at radius 2 is 2.00 bits per heavy atom. The highest BCUT2D eigenvalue weighted by Gasteiger charge is 2.14. The Morgan fingerprint density at radius 3 is 2.63 bits per heavy atom. The Labute approximate surface area is 117 Å². The van der Waals surface area contributed by atoms with Crippen LogP contribution in [0.15, 0.2) is 41.8 Å². The first-order valence-electron chi connectivity index (χ1n) is 6.32. The third-order valence-electron chi connectivity index (χ3n) is 3.11. The SMILES string of the molecule is CN(C)C(CNCc1ccccc1F)c1cccs1. The Morgan fingerprint density at radius 1 is 1.21 bits per heavy atom. The maximum Gasteiger partial charge on any atom is 0.127 e. The Kier molecular flexibility index (Phi) is 5.07. The first-order chi connectivity index (χ1) is 9.18. The summed E-state index contributed by atoms with van der Waals surface area (Å²) in [4.78, 5) is 3.51. The molecule has 19 heavy (non-hydrogen) atoms. The van der Waals surface area contributed by atoms with Crippen molar-refractivity contribution >= 4 is 11.3 Å². The van der Waals surface area contributed by atoms with E-state index in [-0.39, 0.29) is 5.82 Å². The molecule has 1 N–H and O–H groups in total. The van der Waals surface area contributed by atoms with E-state index in [2.05, 4.69) is 41.8 Å². The average molecular weight is 278 g/mol. The second-order valence-corrected chi connectivity index (χ2v) is 5.70. The minimum absolute atomic E-state index is 0.146. The molecule has 0 saturated carbocycles. The predicted octanol–water partition coefficient (Wildman–Crippen LogP) is 3.28. The van der Waals surface area contributed by atoms with Crippen molar-refractivity contribution in [1.29, 1.82) is 0 Å². The molecular weight excluding hydrogens is 259 g/mol. The molecule has 2 aromatic rings. The summed E-state index contributed by atoms with van der Waals surface area (Å²) in [6, 6.07) is 11.4. The van der Waals surface area contributed by atoms with Gasteiger partial charge in [0.15, 0.2) is 0 Å². The molecule has 2 nitrogen and oxygen atoms in total. The van der Waals surface area contributed by atoms with Crippen molar-refractivity contribution in [3.8, 4) is 0 Å². The lowest BCUT2D eigenvalue weighted by Crippen LogP contribution is -2.30. The molecule has 1 atom stereocenters. The van der Waals surface area contributed by atoms with Crippen LogP contribution in [0.1, 0.15) is 16.5 Å². The second-order valence-electron chi connectivity index (χ2n) is 4.72. The number of nitrogens with zero attached hydrogens (tertiary/aromatic N) is 1. The predicted molar refractivity (Wildman–Crippen MR) is 78.9 cm³/mol. The lowest BCUT2D eigenvalue weighted by Gasteiger charge is -2.23. The summed E-state index contributed by atoms with van der Waals surface area (Å²) in [6.07, 6.45) is 0. The summed E-state index contributed by atoms with van der Waals surface area (Å²) in [7, 11) is 4.13. The lowest BCUT2D eigenvalue weighted by molar-refractivity contribution is 0.292. The summed E-state index contributed by atoms with van der Waals surface area (Å²) in [6.45, 7) is 1.37. The van der Waals surface area contributed by atoms with Gasteiger partial charge in [-0.25, -0.2) is 4.39 Å². The summed E-state index contributed by atoms with van der Waals surface area (Å²) < 4.78 is 13.5. The molecule has 1 heterocycles. The van der Waals surface area contributed by atoms with E-state index in [4.69, 9.17) is 0 Å². The van der Waals surface area contributed by atoms with Gasteiger partial charge in [-0.05, 0) is 31.6 Å². The van der Waals surface area contributed by atoms with E-state index in [1.165, 1.54) is 10.9 Å². The third kappa shape index (κ3) is 3.86. The van der Waals surface area contributed by atoms with Gasteiger partial charge < -0.3 is 10.2 Å². The highest BCUT2D eigenvalue weighted by molar-refractivity contribution is 7.10. The normalized spacial score (nSPS) is 12.8. The van der Waals surface area contributed by atoms with Crippen LogP contribution in [0.2, 0.25) is 0 Å². The Bertz CT molecular complexity index is 497. The van der Waals surface area contributed by atoms with E-state index in [9.17, 15) is 4.39 Å². The molecule has 0 aliphatic rings. The first-order valence-corrected chi connectivity index (χ1v) is 7.20. The number of likely N-dealkylation sites (N-methyl/N-ethyl adjacent to an activating group) is 1. The van der Waals surface area contributed by atoms with Gasteiger partial charge in [-0.15, -0.1) is 11.3 Å². The van der Waals surface area contributed by atoms with Crippen LogP contribution >= 0.6 is 11.3 Å². The van der Waals surface area contributed by atoms with Crippen LogP contribution in [0.25, 0.3) is 0 Å². The molecule has 2 rings (SSSR count). The van der Waals surface area contributed by atoms with Crippen LogP contribution in [-0.4, -0.2) is 25.5 Å². The standard InChI is InChI=1S/C15H19FN2S/c1-18(2)14(15-8-5-9-19-15)11-17-10-12-6-3-4-7-13(12)16/h3-9,14,17H,10-11H2,1-2H3. The van der Waals surface area contributed by atoms with Crippen molar-refractivity contribution in [2.75, 3.05) is 20.6 Å². The van der Waals surface area contributed by atoms with Crippen LogP contribution in [0.5, 0.6) is 0 Å². The number of rotatable bonds is 6. The number of halogens is 1. The minimum Gasteiger partial charge on any atom is -0.311 e. The van der Waals surface area contributed by atoms with Gasteiger partial charge in [-0.2, -0.15) is 0 Å². The van der Waals surface area contributed by atoms with Crippen LogP contribution in [0, 0.1) is 5.82 Å². The summed E-state index contributed by atoms with van der Waals surface area (Å²) in [5, 5.41) is 5.42. The molecule has 1 unspecified atom stereocenters. The molecule has 0 aliphatic heterocycles. The van der Waals surface area contributed by atoms with E-state index in [1.807, 2.05) is 12.1 Å². The van der Waals surface area contributed by atoms with Gasteiger partial charge in [0.05, 0.1) is 6.04 Å². The molecule has 4 heteroatoms. The van der Waals surface area contributed by atoms with E-state index >= 15 is 0 Å². The lowest BCUT2D eigenvalue weighted by atomic mass is 10.2. The zero-order valence-corrected chi connectivity index (χ0v) is 12.1. The molecule has 0 fully saturated rings. The number of nitrogens with one attached hydrogen (secondary N) is 1. The van der Waals surface area contributed by atoms with Gasteiger partial charge >= 0.3 is 0 Å². The zero-order chi connectivity index (χ0) is 13.7. The van der Waals surface area contributed by atoms with E-state index in [1.54, 1.807) is 17.4 Å². The Hall–Kier alpha value is -1.23. The molecule has 0 radical (unpaired) electrons. The molecule has 0 aliphatic carbocycles. The molecule has 0 spiro atoms. The van der Waals surface area contributed by atoms with Gasteiger partial charge in [0.25, 0.3) is 0 Å². The zero-order valence-electron chi connectivity index (χ0n) is 11.3. The Balaban J connectivity index is 1.92. The number of hydrogen-bond donors (Lipinski definition) is 1. The summed E-state index contributed by atoms with van der Waals surface area (Å²) >= 11 is 1.75. The van der Waals surface area contributed by atoms with Crippen LogP contribution in [0.4, 0.5) is 4.39 Å². The van der Waals surface area contributed by atoms with Crippen molar-refractivity contribution in [2.45, 2.75) is 12.6 Å². The number of benzene rings is 1. The molecule has 1 aromatic carbocycles. The second kappa shape index (κ2) is 6.80. The third-order valence-corrected chi connectivity index (χ3v) is 4.08. The quantitative estimate of drug-likeness (QED) is 0.872. The fourth-order valence-corrected chi connectivity index (χ4v) is 2.93. The van der Waals surface area contributed by atoms with Crippen molar-refractivity contribution in [2.24, 2.45) is 0 Å². The smallest absolute Gasteiger partial charge is 0.127 e. The van der Waals surface area contributed by atoms with Crippen LogP contribution in [-0.2, 0) is 6.54 Å². The first kappa shape index (κ1) is 14.2. The van der Waals surface area contributed by atoms with Gasteiger partial charge in [-0.3, -0.25) is 0 Å². The highest BCUT2D eigenvalue weighted by Crippen LogP contribution is 2.22. The largest absolute Gasteiger partial charge is 0.311 e. The van der Waals surface area contributed by atoms with Crippen molar-refractivity contribution in [1.82, 2.24) is 10.2 Å². The maximum atomic E-state index is 13.5. The van der Waals surface area contributed by atoms with Crippen molar-refractivity contribution in [3.63, 3.8) is 0 Å². The molecule has 102 valence electrons. The number of thiophene rings is 1. The average Bonchev–Trinajstić information content (AvgIpc) is 2.89. The molecule has 0 bridgehead atoms. The van der Waals surface area contributed by atoms with E-state index < -0.39 is 0 Å². The van der Waals surface area contributed by atoms with Gasteiger partial charge in [0.2, 0.25) is 0 Å². The van der Waals surface area contributed by atoms with E-state index in [0.29, 0.717) is 18.2 Å². The number of hydrogen-bond acceptors (Lipinski definition) is 3.